The normalized spacial score (nSPS) is 13.6. The maximum atomic E-state index is 11.7. The molecule has 0 bridgehead atoms. The van der Waals surface area contributed by atoms with Gasteiger partial charge in [0.1, 0.15) is 22.6 Å². The van der Waals surface area contributed by atoms with Gasteiger partial charge >= 0.3 is 11.9 Å². The summed E-state index contributed by atoms with van der Waals surface area (Å²) in [5.41, 5.74) is 8.54. The topological polar surface area (TPSA) is 137 Å². The van der Waals surface area contributed by atoms with Crippen LogP contribution in [0.2, 0.25) is 10.0 Å². The van der Waals surface area contributed by atoms with Crippen molar-refractivity contribution in [1.29, 1.82) is 0 Å². The van der Waals surface area contributed by atoms with Gasteiger partial charge in [-0.05, 0) is 37.8 Å². The number of anilines is 2. The lowest BCUT2D eigenvalue weighted by Gasteiger charge is -2.23. The number of nitrogens with one attached hydrogen (secondary N) is 1. The molecule has 182 valence electrons. The van der Waals surface area contributed by atoms with Crippen LogP contribution in [-0.4, -0.2) is 43.3 Å². The van der Waals surface area contributed by atoms with Crippen molar-refractivity contribution in [1.82, 2.24) is 0 Å². The highest BCUT2D eigenvalue weighted by Gasteiger charge is 2.26. The van der Waals surface area contributed by atoms with Crippen LogP contribution < -0.4 is 20.5 Å². The molecule has 0 radical (unpaired) electrons. The minimum atomic E-state index is -1.05. The Morgan fingerprint density at radius 1 is 1.00 bits per heavy atom. The van der Waals surface area contributed by atoms with E-state index in [2.05, 4.69) is 5.32 Å². The van der Waals surface area contributed by atoms with Crippen molar-refractivity contribution in [2.45, 2.75) is 32.6 Å². The van der Waals surface area contributed by atoms with E-state index in [1.54, 1.807) is 0 Å². The lowest BCUT2D eigenvalue weighted by molar-refractivity contribution is -0.114. The molecule has 2 aromatic carbocycles. The molecule has 2 aromatic rings. The molecule has 0 unspecified atom stereocenters. The highest BCUT2D eigenvalue weighted by Crippen LogP contribution is 2.40. The zero-order chi connectivity index (χ0) is 25.0. The fraction of sp³-hybridized carbons (Fsp3) is 0.348. The second-order valence-electron chi connectivity index (χ2n) is 7.60. The maximum absolute atomic E-state index is 11.7. The third kappa shape index (κ3) is 5.31. The summed E-state index contributed by atoms with van der Waals surface area (Å²) in [6.07, 6.45) is 3.04. The molecule has 0 saturated carbocycles. The van der Waals surface area contributed by atoms with Gasteiger partial charge in [-0.15, -0.1) is 0 Å². The molecule has 4 rings (SSSR count). The molecular formula is C23H24Cl2N2O7. The molecule has 4 N–H and O–H groups in total. The van der Waals surface area contributed by atoms with E-state index < -0.39 is 11.9 Å². The van der Waals surface area contributed by atoms with Gasteiger partial charge in [0.05, 0.1) is 41.7 Å². The van der Waals surface area contributed by atoms with Crippen LogP contribution in [0.25, 0.3) is 0 Å². The smallest absolute Gasteiger partial charge is 0.341 e. The molecule has 0 aliphatic carbocycles. The fourth-order valence-corrected chi connectivity index (χ4v) is 4.27. The van der Waals surface area contributed by atoms with Gasteiger partial charge in [-0.2, -0.15) is 0 Å². The summed E-state index contributed by atoms with van der Waals surface area (Å²) < 4.78 is 15.6. The average Bonchev–Trinajstić information content (AvgIpc) is 2.82. The van der Waals surface area contributed by atoms with Gasteiger partial charge < -0.3 is 30.4 Å². The van der Waals surface area contributed by atoms with Crippen LogP contribution >= 0.6 is 23.2 Å². The number of methoxy groups -OCH3 is 1. The first-order valence-corrected chi connectivity index (χ1v) is 11.2. The summed E-state index contributed by atoms with van der Waals surface area (Å²) in [6, 6.07) is 2.80. The molecule has 0 aromatic heterocycles. The summed E-state index contributed by atoms with van der Waals surface area (Å²) >= 11 is 12.0. The van der Waals surface area contributed by atoms with Crippen LogP contribution in [0.3, 0.4) is 0 Å². The molecule has 0 saturated heterocycles. The number of carbonyl (C=O) groups is 3. The van der Waals surface area contributed by atoms with E-state index in [-0.39, 0.29) is 22.1 Å². The Labute approximate surface area is 206 Å². The zero-order valence-electron chi connectivity index (χ0n) is 18.6. The van der Waals surface area contributed by atoms with Crippen LogP contribution in [0.5, 0.6) is 11.5 Å². The van der Waals surface area contributed by atoms with E-state index in [9.17, 15) is 14.4 Å². The number of hydrogen-bond acceptors (Lipinski definition) is 7. The molecule has 0 fully saturated rings. The number of esters is 1. The van der Waals surface area contributed by atoms with Gasteiger partial charge in [-0.25, -0.2) is 9.59 Å². The Morgan fingerprint density at radius 2 is 1.56 bits per heavy atom. The molecule has 0 atom stereocenters. The number of ether oxygens (including phenoxy) is 3. The van der Waals surface area contributed by atoms with E-state index >= 15 is 0 Å². The summed E-state index contributed by atoms with van der Waals surface area (Å²) in [6.45, 7) is 2.45. The van der Waals surface area contributed by atoms with Crippen LogP contribution in [0.1, 0.15) is 51.6 Å². The Balaban J connectivity index is 0.000000196. The van der Waals surface area contributed by atoms with E-state index in [4.69, 9.17) is 48.3 Å². The van der Waals surface area contributed by atoms with Crippen LogP contribution in [-0.2, 0) is 22.4 Å². The summed E-state index contributed by atoms with van der Waals surface area (Å²) in [7, 11) is 1.30. The molecule has 9 nitrogen and oxygen atoms in total. The lowest BCUT2D eigenvalue weighted by atomic mass is 9.99. The minimum Gasteiger partial charge on any atom is -0.492 e. The third-order valence-electron chi connectivity index (χ3n) is 5.27. The monoisotopic (exact) mass is 510 g/mol. The summed E-state index contributed by atoms with van der Waals surface area (Å²) in [4.78, 5) is 33.9. The van der Waals surface area contributed by atoms with Gasteiger partial charge in [0.15, 0.2) is 0 Å². The molecule has 0 spiro atoms. The molecule has 2 aliphatic heterocycles. The lowest BCUT2D eigenvalue weighted by Crippen LogP contribution is -2.17. The first-order valence-electron chi connectivity index (χ1n) is 10.5. The van der Waals surface area contributed by atoms with E-state index in [1.807, 2.05) is 0 Å². The van der Waals surface area contributed by atoms with Crippen LogP contribution in [0.4, 0.5) is 11.4 Å². The number of nitrogens with two attached hydrogens (primary N) is 1. The quantitative estimate of drug-likeness (QED) is 0.409. The highest BCUT2D eigenvalue weighted by atomic mass is 35.5. The first kappa shape index (κ1) is 25.5. The largest absolute Gasteiger partial charge is 0.492 e. The average molecular weight is 511 g/mol. The Bertz CT molecular complexity index is 1150. The highest BCUT2D eigenvalue weighted by molar-refractivity contribution is 6.34. The summed E-state index contributed by atoms with van der Waals surface area (Å²) in [5, 5.41) is 12.2. The number of carbonyl (C=O) groups excluding carboxylic acids is 2. The second kappa shape index (κ2) is 10.8. The van der Waals surface area contributed by atoms with Gasteiger partial charge in [-0.3, -0.25) is 4.79 Å². The molecule has 2 aliphatic rings. The van der Waals surface area contributed by atoms with E-state index in [0.717, 1.165) is 18.4 Å². The van der Waals surface area contributed by atoms with Crippen molar-refractivity contribution >= 4 is 52.4 Å². The molecule has 1 amide bonds. The van der Waals surface area contributed by atoms with E-state index in [1.165, 1.54) is 26.2 Å². The number of rotatable bonds is 3. The minimum absolute atomic E-state index is 0.0869. The molecule has 11 heteroatoms. The number of aromatic carboxylic acids is 1. The predicted molar refractivity (Wildman–Crippen MR) is 128 cm³/mol. The zero-order valence-corrected chi connectivity index (χ0v) is 20.1. The first-order chi connectivity index (χ1) is 16.1. The number of nitrogen functional groups attached to an aromatic ring is 1. The van der Waals surface area contributed by atoms with Crippen molar-refractivity contribution in [2.75, 3.05) is 31.4 Å². The summed E-state index contributed by atoms with van der Waals surface area (Å²) in [5.74, 6) is -0.952. The predicted octanol–water partition coefficient (Wildman–Crippen LogP) is 4.36. The Hall–Kier alpha value is -3.17. The standard InChI is InChI=1S/C13H14ClNO4.C10H10ClNO3/c1-7(16)15-11-8-4-3-5-19-12(8)9(6-10(11)14)13(17)18-2;11-7-4-6(10(13)14)9-5(8(7)12)2-1-3-15-9/h6H,3-5H2,1-2H3,(H,15,16);4H,1-3,12H2,(H,13,14). The maximum Gasteiger partial charge on any atom is 0.341 e. The van der Waals surface area contributed by atoms with Crippen molar-refractivity contribution in [3.8, 4) is 11.5 Å². The van der Waals surface area contributed by atoms with Crippen molar-refractivity contribution in [3.63, 3.8) is 0 Å². The van der Waals surface area contributed by atoms with Crippen molar-refractivity contribution < 1.29 is 33.7 Å². The number of carboxylic acids is 1. The molecule has 34 heavy (non-hydrogen) atoms. The number of carboxylic acid groups (broad SMARTS) is 1. The molecular weight excluding hydrogens is 487 g/mol. The Morgan fingerprint density at radius 3 is 2.12 bits per heavy atom. The number of amides is 1. The Kier molecular flexibility index (Phi) is 8.11. The van der Waals surface area contributed by atoms with Crippen LogP contribution in [0, 0.1) is 0 Å². The van der Waals surface area contributed by atoms with Gasteiger partial charge in [0, 0.05) is 18.1 Å². The third-order valence-corrected chi connectivity index (χ3v) is 5.89. The van der Waals surface area contributed by atoms with Gasteiger partial charge in [0.25, 0.3) is 0 Å². The number of halogens is 2. The van der Waals surface area contributed by atoms with Crippen LogP contribution in [0.15, 0.2) is 12.1 Å². The van der Waals surface area contributed by atoms with E-state index in [0.29, 0.717) is 59.5 Å². The number of fused-ring (bicyclic) bond motifs is 2. The van der Waals surface area contributed by atoms with Gasteiger partial charge in [-0.1, -0.05) is 23.2 Å². The fourth-order valence-electron chi connectivity index (χ4n) is 3.78. The van der Waals surface area contributed by atoms with Crippen molar-refractivity contribution in [3.05, 3.63) is 44.4 Å². The second-order valence-corrected chi connectivity index (χ2v) is 8.41. The number of benzene rings is 2. The molecule has 2 heterocycles. The SMILES string of the molecule is COC(=O)c1cc(Cl)c(NC(C)=O)c2c1OCCC2.Nc1c(Cl)cc(C(=O)O)c2c1CCCO2. The number of hydrogen-bond donors (Lipinski definition) is 3. The van der Waals surface area contributed by atoms with Gasteiger partial charge in [0.2, 0.25) is 5.91 Å². The van der Waals surface area contributed by atoms with Crippen molar-refractivity contribution in [2.24, 2.45) is 0 Å².